The number of carbonyl (C=O) groups is 1. The third-order valence-corrected chi connectivity index (χ3v) is 4.64. The maximum Gasteiger partial charge on any atom is 0.410 e. The van der Waals surface area contributed by atoms with Gasteiger partial charge in [-0.2, -0.15) is 0 Å². The molecule has 144 valence electrons. The summed E-state index contributed by atoms with van der Waals surface area (Å²) in [5.74, 6) is 0. The number of carbonyl (C=O) groups excluding carboxylic acids is 1. The molecule has 2 aromatic rings. The highest BCUT2D eigenvalue weighted by Gasteiger charge is 2.39. The van der Waals surface area contributed by atoms with Crippen molar-refractivity contribution in [2.24, 2.45) is 0 Å². The Balaban J connectivity index is 2.06. The van der Waals surface area contributed by atoms with E-state index in [0.29, 0.717) is 24.5 Å². The van der Waals surface area contributed by atoms with Gasteiger partial charge >= 0.3 is 6.09 Å². The summed E-state index contributed by atoms with van der Waals surface area (Å²) in [5, 5.41) is 3.51. The van der Waals surface area contributed by atoms with Crippen LogP contribution in [0.2, 0.25) is 0 Å². The zero-order chi connectivity index (χ0) is 19.6. The molecule has 0 aliphatic carbocycles. The van der Waals surface area contributed by atoms with Gasteiger partial charge < -0.3 is 21.5 Å². The zero-order valence-electron chi connectivity index (χ0n) is 16.1. The second-order valence-corrected chi connectivity index (χ2v) is 7.81. The standard InChI is InChI=1S/C21H28N4O2/c1-21(2,3)27-20(26)25-13-12-24-18(14-8-4-6-10-16(14)22)19(25)15-9-5-7-11-17(15)23/h4-11,18-19,24H,12-13,22-23H2,1-3H3. The molecule has 0 bridgehead atoms. The highest BCUT2D eigenvalue weighted by Crippen LogP contribution is 2.40. The van der Waals surface area contributed by atoms with Crippen LogP contribution < -0.4 is 16.8 Å². The van der Waals surface area contributed by atoms with Crippen molar-refractivity contribution in [3.8, 4) is 0 Å². The number of nitrogens with zero attached hydrogens (tertiary/aromatic N) is 1. The molecule has 1 saturated heterocycles. The van der Waals surface area contributed by atoms with Crippen LogP contribution in [-0.4, -0.2) is 29.7 Å². The minimum Gasteiger partial charge on any atom is -0.444 e. The Morgan fingerprint density at radius 3 is 2.15 bits per heavy atom. The van der Waals surface area contributed by atoms with Gasteiger partial charge in [-0.25, -0.2) is 4.79 Å². The highest BCUT2D eigenvalue weighted by atomic mass is 16.6. The molecule has 1 aliphatic rings. The fourth-order valence-corrected chi connectivity index (χ4v) is 3.50. The average molecular weight is 368 g/mol. The van der Waals surface area contributed by atoms with Crippen LogP contribution in [0.25, 0.3) is 0 Å². The van der Waals surface area contributed by atoms with E-state index >= 15 is 0 Å². The molecule has 6 heteroatoms. The van der Waals surface area contributed by atoms with Crippen LogP contribution in [0.1, 0.15) is 44.0 Å². The topological polar surface area (TPSA) is 93.6 Å². The Morgan fingerprint density at radius 1 is 1.04 bits per heavy atom. The van der Waals surface area contributed by atoms with E-state index < -0.39 is 5.60 Å². The molecule has 0 radical (unpaired) electrons. The predicted octanol–water partition coefficient (Wildman–Crippen LogP) is 3.47. The van der Waals surface area contributed by atoms with Gasteiger partial charge in [0.2, 0.25) is 0 Å². The minimum absolute atomic E-state index is 0.183. The predicted molar refractivity (Wildman–Crippen MR) is 108 cm³/mol. The summed E-state index contributed by atoms with van der Waals surface area (Å²) < 4.78 is 5.67. The van der Waals surface area contributed by atoms with Crippen molar-refractivity contribution in [1.29, 1.82) is 0 Å². The molecular weight excluding hydrogens is 340 g/mol. The van der Waals surface area contributed by atoms with Crippen molar-refractivity contribution in [2.45, 2.75) is 38.5 Å². The van der Waals surface area contributed by atoms with Crippen LogP contribution in [0.5, 0.6) is 0 Å². The number of benzene rings is 2. The van der Waals surface area contributed by atoms with Gasteiger partial charge in [-0.05, 0) is 44.0 Å². The lowest BCUT2D eigenvalue weighted by Crippen LogP contribution is -2.51. The van der Waals surface area contributed by atoms with Gasteiger partial charge in [-0.15, -0.1) is 0 Å². The van der Waals surface area contributed by atoms with Crippen molar-refractivity contribution in [1.82, 2.24) is 10.2 Å². The van der Waals surface area contributed by atoms with Gasteiger partial charge in [0.05, 0.1) is 12.1 Å². The van der Waals surface area contributed by atoms with Crippen LogP contribution in [0.3, 0.4) is 0 Å². The molecule has 6 nitrogen and oxygen atoms in total. The third-order valence-electron chi connectivity index (χ3n) is 4.64. The fraction of sp³-hybridized carbons (Fsp3) is 0.381. The maximum atomic E-state index is 13.0. The first-order valence-electron chi connectivity index (χ1n) is 9.20. The first-order valence-corrected chi connectivity index (χ1v) is 9.20. The number of anilines is 2. The lowest BCUT2D eigenvalue weighted by Gasteiger charge is -2.43. The van der Waals surface area contributed by atoms with Crippen molar-refractivity contribution >= 4 is 17.5 Å². The van der Waals surface area contributed by atoms with Crippen LogP contribution >= 0.6 is 0 Å². The van der Waals surface area contributed by atoms with E-state index in [4.69, 9.17) is 16.2 Å². The number of rotatable bonds is 2. The number of nitrogens with one attached hydrogen (secondary N) is 1. The van der Waals surface area contributed by atoms with Crippen molar-refractivity contribution < 1.29 is 9.53 Å². The Morgan fingerprint density at radius 2 is 1.59 bits per heavy atom. The number of hydrogen-bond donors (Lipinski definition) is 3. The Kier molecular flexibility index (Phi) is 5.28. The smallest absolute Gasteiger partial charge is 0.410 e. The van der Waals surface area contributed by atoms with Crippen molar-refractivity contribution in [2.75, 3.05) is 24.6 Å². The Bertz CT molecular complexity index is 816. The van der Waals surface area contributed by atoms with E-state index in [-0.39, 0.29) is 18.2 Å². The van der Waals surface area contributed by atoms with E-state index in [1.54, 1.807) is 4.90 Å². The number of amides is 1. The van der Waals surface area contributed by atoms with E-state index in [2.05, 4.69) is 5.32 Å². The summed E-state index contributed by atoms with van der Waals surface area (Å²) in [4.78, 5) is 14.7. The van der Waals surface area contributed by atoms with E-state index in [0.717, 1.165) is 11.1 Å². The van der Waals surface area contributed by atoms with Crippen LogP contribution in [-0.2, 0) is 4.74 Å². The molecule has 3 rings (SSSR count). The highest BCUT2D eigenvalue weighted by molar-refractivity contribution is 5.70. The number of piperazine rings is 1. The Hall–Kier alpha value is -2.73. The van der Waals surface area contributed by atoms with Crippen molar-refractivity contribution in [3.05, 3.63) is 59.7 Å². The largest absolute Gasteiger partial charge is 0.444 e. The molecule has 1 aliphatic heterocycles. The summed E-state index contributed by atoms with van der Waals surface area (Å²) in [6, 6.07) is 14.8. The summed E-state index contributed by atoms with van der Waals surface area (Å²) in [6.45, 7) is 6.77. The SMILES string of the molecule is CC(C)(C)OC(=O)N1CCNC(c2ccccc2N)C1c1ccccc1N. The third kappa shape index (κ3) is 4.17. The molecule has 0 saturated carbocycles. The van der Waals surface area contributed by atoms with Gasteiger partial charge in [0.25, 0.3) is 0 Å². The quantitative estimate of drug-likeness (QED) is 0.706. The maximum absolute atomic E-state index is 13.0. The first kappa shape index (κ1) is 19.0. The molecule has 0 spiro atoms. The number of hydrogen-bond acceptors (Lipinski definition) is 5. The second-order valence-electron chi connectivity index (χ2n) is 7.81. The average Bonchev–Trinajstić information content (AvgIpc) is 2.61. The molecule has 2 unspecified atom stereocenters. The molecule has 1 heterocycles. The molecular formula is C21H28N4O2. The van der Waals surface area contributed by atoms with Crippen LogP contribution in [0.15, 0.2) is 48.5 Å². The van der Waals surface area contributed by atoms with Gasteiger partial charge in [0.15, 0.2) is 0 Å². The molecule has 2 atom stereocenters. The monoisotopic (exact) mass is 368 g/mol. The number of ether oxygens (including phenoxy) is 1. The first-order chi connectivity index (χ1) is 12.8. The summed E-state index contributed by atoms with van der Waals surface area (Å²) in [6.07, 6.45) is -0.350. The van der Waals surface area contributed by atoms with Gasteiger partial charge in [0.1, 0.15) is 5.60 Å². The lowest BCUT2D eigenvalue weighted by atomic mass is 9.88. The summed E-state index contributed by atoms with van der Waals surface area (Å²) in [7, 11) is 0. The summed E-state index contributed by atoms with van der Waals surface area (Å²) >= 11 is 0. The number of nitrogens with two attached hydrogens (primary N) is 2. The second kappa shape index (κ2) is 7.48. The fourth-order valence-electron chi connectivity index (χ4n) is 3.50. The van der Waals surface area contributed by atoms with Crippen molar-refractivity contribution in [3.63, 3.8) is 0 Å². The Labute approximate surface area is 160 Å². The van der Waals surface area contributed by atoms with E-state index in [9.17, 15) is 4.79 Å². The van der Waals surface area contributed by atoms with Crippen LogP contribution in [0, 0.1) is 0 Å². The molecule has 1 fully saturated rings. The zero-order valence-corrected chi connectivity index (χ0v) is 16.1. The number of nitrogen functional groups attached to an aromatic ring is 2. The van der Waals surface area contributed by atoms with E-state index in [1.165, 1.54) is 0 Å². The minimum atomic E-state index is -0.573. The molecule has 1 amide bonds. The molecule has 0 aromatic heterocycles. The molecule has 27 heavy (non-hydrogen) atoms. The molecule has 5 N–H and O–H groups in total. The van der Waals surface area contributed by atoms with Gasteiger partial charge in [0, 0.05) is 24.5 Å². The summed E-state index contributed by atoms with van der Waals surface area (Å²) in [5.41, 5.74) is 15.1. The number of para-hydroxylation sites is 2. The van der Waals surface area contributed by atoms with Gasteiger partial charge in [-0.1, -0.05) is 36.4 Å². The van der Waals surface area contributed by atoms with E-state index in [1.807, 2.05) is 69.3 Å². The lowest BCUT2D eigenvalue weighted by molar-refractivity contribution is 0.00517. The van der Waals surface area contributed by atoms with Gasteiger partial charge in [-0.3, -0.25) is 4.90 Å². The molecule has 2 aromatic carbocycles. The normalized spacial score (nSPS) is 20.3. The van der Waals surface area contributed by atoms with Crippen LogP contribution in [0.4, 0.5) is 16.2 Å².